The first-order valence-corrected chi connectivity index (χ1v) is 9.80. The third-order valence-electron chi connectivity index (χ3n) is 4.25. The van der Waals surface area contributed by atoms with E-state index >= 15 is 0 Å². The van der Waals surface area contributed by atoms with Crippen molar-refractivity contribution >= 4 is 23.2 Å². The number of aryl methyl sites for hydroxylation is 1. The van der Waals surface area contributed by atoms with Crippen molar-refractivity contribution in [3.63, 3.8) is 0 Å². The fraction of sp³-hybridized carbons (Fsp3) is 0.304. The van der Waals surface area contributed by atoms with Gasteiger partial charge in [0, 0.05) is 18.0 Å². The molecule has 0 aliphatic heterocycles. The normalized spacial score (nSPS) is 11.2. The summed E-state index contributed by atoms with van der Waals surface area (Å²) in [5.74, 6) is 0.333. The molecule has 30 heavy (non-hydrogen) atoms. The van der Waals surface area contributed by atoms with Crippen molar-refractivity contribution in [1.82, 2.24) is 9.72 Å². The number of carbonyl (C=O) groups is 2. The fourth-order valence-corrected chi connectivity index (χ4v) is 2.97. The topological polar surface area (TPSA) is 81.1 Å². The second kappa shape index (κ2) is 8.90. The van der Waals surface area contributed by atoms with E-state index in [1.807, 2.05) is 41.9 Å². The molecule has 0 saturated heterocycles. The van der Waals surface area contributed by atoms with Crippen LogP contribution in [0.5, 0.6) is 5.75 Å². The van der Waals surface area contributed by atoms with Gasteiger partial charge in [-0.25, -0.2) is 4.79 Å². The van der Waals surface area contributed by atoms with Crippen LogP contribution in [0.15, 0.2) is 54.9 Å². The predicted octanol–water partition coefficient (Wildman–Crippen LogP) is 4.40. The van der Waals surface area contributed by atoms with Crippen LogP contribution in [0.3, 0.4) is 0 Å². The zero-order valence-electron chi connectivity index (χ0n) is 17.7. The number of anilines is 1. The Morgan fingerprint density at radius 2 is 1.90 bits per heavy atom. The smallest absolute Gasteiger partial charge is 0.407 e. The molecule has 3 aromatic rings. The summed E-state index contributed by atoms with van der Waals surface area (Å²) in [5, 5.41) is 5.62. The largest absolute Gasteiger partial charge is 0.492 e. The van der Waals surface area contributed by atoms with Gasteiger partial charge in [-0.1, -0.05) is 12.1 Å². The Bertz CT molecular complexity index is 1050. The van der Waals surface area contributed by atoms with Crippen LogP contribution in [-0.4, -0.2) is 35.2 Å². The second-order valence-electron chi connectivity index (χ2n) is 7.94. The molecule has 7 nitrogen and oxygen atoms in total. The van der Waals surface area contributed by atoms with Crippen LogP contribution in [0.1, 0.15) is 36.7 Å². The number of nitrogens with zero attached hydrogens (tertiary/aromatic N) is 1. The summed E-state index contributed by atoms with van der Waals surface area (Å²) >= 11 is 0. The van der Waals surface area contributed by atoms with E-state index in [0.29, 0.717) is 17.9 Å². The number of hydrogen-bond acceptors (Lipinski definition) is 4. The minimum atomic E-state index is -0.545. The van der Waals surface area contributed by atoms with E-state index in [0.717, 1.165) is 16.8 Å². The number of nitrogens with one attached hydrogen (secondary N) is 2. The zero-order chi connectivity index (χ0) is 21.7. The zero-order valence-corrected chi connectivity index (χ0v) is 17.7. The van der Waals surface area contributed by atoms with Crippen LogP contribution >= 0.6 is 0 Å². The molecule has 0 radical (unpaired) electrons. The number of carbonyl (C=O) groups excluding carboxylic acids is 2. The second-order valence-corrected chi connectivity index (χ2v) is 7.94. The molecule has 7 heteroatoms. The first kappa shape index (κ1) is 21.2. The van der Waals surface area contributed by atoms with Crippen molar-refractivity contribution < 1.29 is 19.1 Å². The number of aromatic nitrogens is 1. The first-order chi connectivity index (χ1) is 14.2. The van der Waals surface area contributed by atoms with E-state index in [1.165, 1.54) is 0 Å². The van der Waals surface area contributed by atoms with E-state index in [1.54, 1.807) is 45.0 Å². The van der Waals surface area contributed by atoms with Gasteiger partial charge in [-0.05, 0) is 63.6 Å². The van der Waals surface area contributed by atoms with Crippen LogP contribution in [0.4, 0.5) is 10.5 Å². The summed E-state index contributed by atoms with van der Waals surface area (Å²) in [7, 11) is 0. The number of benzene rings is 1. The van der Waals surface area contributed by atoms with Gasteiger partial charge in [-0.2, -0.15) is 0 Å². The molecule has 2 N–H and O–H groups in total. The highest BCUT2D eigenvalue weighted by Crippen LogP contribution is 2.24. The Labute approximate surface area is 176 Å². The third kappa shape index (κ3) is 5.53. The van der Waals surface area contributed by atoms with Gasteiger partial charge < -0.3 is 24.5 Å². The third-order valence-corrected chi connectivity index (χ3v) is 4.25. The summed E-state index contributed by atoms with van der Waals surface area (Å²) in [6.45, 7) is 7.92. The first-order valence-electron chi connectivity index (χ1n) is 9.80. The number of ether oxygens (including phenoxy) is 2. The molecular weight excluding hydrogens is 382 g/mol. The lowest BCUT2D eigenvalue weighted by molar-refractivity contribution is 0.0520. The van der Waals surface area contributed by atoms with E-state index in [2.05, 4.69) is 10.6 Å². The molecule has 2 aromatic heterocycles. The molecule has 0 spiro atoms. The predicted molar refractivity (Wildman–Crippen MR) is 116 cm³/mol. The lowest BCUT2D eigenvalue weighted by atomic mass is 10.2. The molecule has 0 atom stereocenters. The Morgan fingerprint density at radius 1 is 1.10 bits per heavy atom. The maximum absolute atomic E-state index is 12.8. The van der Waals surface area contributed by atoms with Gasteiger partial charge in [0.1, 0.15) is 18.0 Å². The van der Waals surface area contributed by atoms with Crippen LogP contribution < -0.4 is 15.4 Å². The minimum Gasteiger partial charge on any atom is -0.492 e. The summed E-state index contributed by atoms with van der Waals surface area (Å²) < 4.78 is 12.8. The molecule has 0 aliphatic rings. The molecule has 0 saturated carbocycles. The van der Waals surface area contributed by atoms with Crippen molar-refractivity contribution in [2.45, 2.75) is 33.3 Å². The van der Waals surface area contributed by atoms with Crippen molar-refractivity contribution in [3.8, 4) is 5.75 Å². The summed E-state index contributed by atoms with van der Waals surface area (Å²) in [5.41, 5.74) is 2.64. The fourth-order valence-electron chi connectivity index (χ4n) is 2.97. The molecule has 0 fully saturated rings. The SMILES string of the molecule is Cc1cn2ccccc2c1NC(=O)c1cccc(OCCNC(=O)OC(C)(C)C)c1. The van der Waals surface area contributed by atoms with Gasteiger partial charge in [0.2, 0.25) is 0 Å². The van der Waals surface area contributed by atoms with Gasteiger partial charge in [0.05, 0.1) is 17.7 Å². The van der Waals surface area contributed by atoms with E-state index in [9.17, 15) is 9.59 Å². The highest BCUT2D eigenvalue weighted by Gasteiger charge is 2.16. The Hall–Kier alpha value is -3.48. The number of alkyl carbamates (subject to hydrolysis) is 1. The number of rotatable bonds is 6. The van der Waals surface area contributed by atoms with Crippen molar-refractivity contribution in [3.05, 3.63) is 66.0 Å². The summed E-state index contributed by atoms with van der Waals surface area (Å²) in [6, 6.07) is 12.8. The maximum atomic E-state index is 12.8. The number of amides is 2. The number of hydrogen-bond donors (Lipinski definition) is 2. The molecule has 0 bridgehead atoms. The molecule has 0 aliphatic carbocycles. The van der Waals surface area contributed by atoms with Gasteiger partial charge in [0.15, 0.2) is 0 Å². The van der Waals surface area contributed by atoms with Gasteiger partial charge in [-0.3, -0.25) is 4.79 Å². The van der Waals surface area contributed by atoms with Gasteiger partial charge in [0.25, 0.3) is 5.91 Å². The Morgan fingerprint density at radius 3 is 2.67 bits per heavy atom. The van der Waals surface area contributed by atoms with Gasteiger partial charge >= 0.3 is 6.09 Å². The highest BCUT2D eigenvalue weighted by atomic mass is 16.6. The minimum absolute atomic E-state index is 0.215. The average molecular weight is 409 g/mol. The highest BCUT2D eigenvalue weighted by molar-refractivity contribution is 6.07. The van der Waals surface area contributed by atoms with Crippen LogP contribution in [0, 0.1) is 6.92 Å². The molecule has 3 rings (SSSR count). The lowest BCUT2D eigenvalue weighted by Gasteiger charge is -2.19. The van der Waals surface area contributed by atoms with E-state index in [-0.39, 0.29) is 12.5 Å². The molecular formula is C23H27N3O4. The maximum Gasteiger partial charge on any atom is 0.407 e. The van der Waals surface area contributed by atoms with Crippen LogP contribution in [0.2, 0.25) is 0 Å². The Kier molecular flexibility index (Phi) is 6.30. The molecule has 2 heterocycles. The van der Waals surface area contributed by atoms with Crippen LogP contribution in [-0.2, 0) is 4.74 Å². The summed E-state index contributed by atoms with van der Waals surface area (Å²) in [6.07, 6.45) is 3.43. The monoisotopic (exact) mass is 409 g/mol. The average Bonchev–Trinajstić information content (AvgIpc) is 2.99. The van der Waals surface area contributed by atoms with E-state index in [4.69, 9.17) is 9.47 Å². The molecule has 1 aromatic carbocycles. The van der Waals surface area contributed by atoms with Crippen LogP contribution in [0.25, 0.3) is 5.52 Å². The number of pyridine rings is 1. The quantitative estimate of drug-likeness (QED) is 0.591. The Balaban J connectivity index is 1.58. The van der Waals surface area contributed by atoms with Gasteiger partial charge in [-0.15, -0.1) is 0 Å². The standard InChI is InChI=1S/C23H27N3O4/c1-16-15-26-12-6-5-10-19(26)20(16)25-21(27)17-8-7-9-18(14-17)29-13-11-24-22(28)30-23(2,3)4/h5-10,12,14-15H,11,13H2,1-4H3,(H,24,28)(H,25,27). The molecule has 158 valence electrons. The summed E-state index contributed by atoms with van der Waals surface area (Å²) in [4.78, 5) is 24.4. The number of fused-ring (bicyclic) bond motifs is 1. The molecule has 0 unspecified atom stereocenters. The van der Waals surface area contributed by atoms with E-state index < -0.39 is 11.7 Å². The lowest BCUT2D eigenvalue weighted by Crippen LogP contribution is -2.34. The van der Waals surface area contributed by atoms with Crippen molar-refractivity contribution in [1.29, 1.82) is 0 Å². The molecule has 2 amide bonds. The van der Waals surface area contributed by atoms with Crippen molar-refractivity contribution in [2.75, 3.05) is 18.5 Å². The van der Waals surface area contributed by atoms with Crippen molar-refractivity contribution in [2.24, 2.45) is 0 Å².